The number of hydrogen-bond acceptors (Lipinski definition) is 5. The van der Waals surface area contributed by atoms with Crippen LogP contribution in [0, 0.1) is 0 Å². The van der Waals surface area contributed by atoms with Crippen LogP contribution in [0.3, 0.4) is 0 Å². The Morgan fingerprint density at radius 3 is 2.64 bits per heavy atom. The Balaban J connectivity index is 1.94. The highest BCUT2D eigenvalue weighted by Gasteiger charge is 2.20. The molecular formula is C17H15ClN4O3. The number of amides is 2. The average molecular weight is 359 g/mol. The van der Waals surface area contributed by atoms with Crippen molar-refractivity contribution in [2.75, 3.05) is 25.1 Å². The molecule has 7 nitrogen and oxygen atoms in total. The maximum Gasteiger partial charge on any atom is 0.294 e. The molecule has 0 spiro atoms. The number of nitrogens with one attached hydrogen (secondary N) is 1. The van der Waals surface area contributed by atoms with E-state index in [0.29, 0.717) is 27.4 Å². The number of furan rings is 1. The minimum atomic E-state index is -0.538. The molecule has 0 bridgehead atoms. The molecule has 0 aliphatic carbocycles. The normalized spacial score (nSPS) is 10.7. The van der Waals surface area contributed by atoms with Crippen LogP contribution in [0.15, 0.2) is 40.9 Å². The Morgan fingerprint density at radius 2 is 2.00 bits per heavy atom. The molecule has 8 heteroatoms. The van der Waals surface area contributed by atoms with Gasteiger partial charge in [-0.15, -0.1) is 0 Å². The van der Waals surface area contributed by atoms with Crippen LogP contribution < -0.4 is 11.1 Å². The Hall–Kier alpha value is -3.06. The van der Waals surface area contributed by atoms with Gasteiger partial charge >= 0.3 is 0 Å². The van der Waals surface area contributed by atoms with Crippen molar-refractivity contribution in [1.29, 1.82) is 0 Å². The number of hydrogen-bond donors (Lipinski definition) is 2. The second kappa shape index (κ2) is 6.45. The van der Waals surface area contributed by atoms with E-state index >= 15 is 0 Å². The van der Waals surface area contributed by atoms with E-state index in [1.165, 1.54) is 11.1 Å². The van der Waals surface area contributed by atoms with Crippen molar-refractivity contribution in [3.63, 3.8) is 0 Å². The fourth-order valence-corrected chi connectivity index (χ4v) is 2.41. The van der Waals surface area contributed by atoms with Crippen LogP contribution in [0.2, 0.25) is 5.02 Å². The molecule has 0 saturated heterocycles. The largest absolute Gasteiger partial charge is 0.449 e. The Morgan fingerprint density at radius 1 is 1.24 bits per heavy atom. The molecule has 2 aromatic heterocycles. The first-order valence-electron chi connectivity index (χ1n) is 7.33. The van der Waals surface area contributed by atoms with Gasteiger partial charge in [0.2, 0.25) is 5.76 Å². The summed E-state index contributed by atoms with van der Waals surface area (Å²) in [5.74, 6) is -0.429. The first-order valence-corrected chi connectivity index (χ1v) is 7.71. The van der Waals surface area contributed by atoms with Gasteiger partial charge in [-0.3, -0.25) is 9.59 Å². The Labute approximate surface area is 148 Å². The molecule has 2 amide bonds. The number of rotatable bonds is 3. The number of carbonyl (C=O) groups is 2. The maximum atomic E-state index is 12.4. The third kappa shape index (κ3) is 3.27. The van der Waals surface area contributed by atoms with E-state index in [9.17, 15) is 9.59 Å². The lowest BCUT2D eigenvalue weighted by Crippen LogP contribution is -2.21. The number of anilines is 2. The van der Waals surface area contributed by atoms with Gasteiger partial charge in [-0.25, -0.2) is 4.98 Å². The number of benzene rings is 1. The van der Waals surface area contributed by atoms with Gasteiger partial charge in [-0.1, -0.05) is 11.6 Å². The second-order valence-electron chi connectivity index (χ2n) is 5.57. The lowest BCUT2D eigenvalue weighted by molar-refractivity contribution is 0.0827. The molecule has 3 N–H and O–H groups in total. The van der Waals surface area contributed by atoms with E-state index in [1.807, 2.05) is 0 Å². The SMILES string of the molecule is CN(C)C(=O)c1ccc2oc(C(=O)Nc3ccc(Cl)cn3)c(N)c2c1. The van der Waals surface area contributed by atoms with Crippen LogP contribution in [0.4, 0.5) is 11.5 Å². The highest BCUT2D eigenvalue weighted by Crippen LogP contribution is 2.30. The fraction of sp³-hybridized carbons (Fsp3) is 0.118. The first kappa shape index (κ1) is 16.8. The minimum Gasteiger partial charge on any atom is -0.449 e. The summed E-state index contributed by atoms with van der Waals surface area (Å²) in [7, 11) is 3.31. The zero-order valence-electron chi connectivity index (χ0n) is 13.5. The third-order valence-electron chi connectivity index (χ3n) is 3.55. The number of halogens is 1. The molecule has 3 aromatic rings. The molecule has 0 aliphatic rings. The molecule has 128 valence electrons. The van der Waals surface area contributed by atoms with Gasteiger partial charge in [0.1, 0.15) is 11.4 Å². The van der Waals surface area contributed by atoms with Gasteiger partial charge in [-0.05, 0) is 30.3 Å². The highest BCUT2D eigenvalue weighted by atomic mass is 35.5. The number of nitrogen functional groups attached to an aromatic ring is 1. The zero-order valence-corrected chi connectivity index (χ0v) is 14.3. The molecule has 0 aliphatic heterocycles. The number of aromatic nitrogens is 1. The van der Waals surface area contributed by atoms with Crippen molar-refractivity contribution in [1.82, 2.24) is 9.88 Å². The molecule has 2 heterocycles. The Kier molecular flexibility index (Phi) is 4.33. The maximum absolute atomic E-state index is 12.4. The topological polar surface area (TPSA) is 101 Å². The van der Waals surface area contributed by atoms with Gasteiger partial charge < -0.3 is 20.4 Å². The molecule has 25 heavy (non-hydrogen) atoms. The standard InChI is InChI=1S/C17H15ClN4O3/c1-22(2)17(24)9-3-5-12-11(7-9)14(19)15(25-12)16(23)21-13-6-4-10(18)8-20-13/h3-8H,19H2,1-2H3,(H,20,21,23). The molecule has 1 aromatic carbocycles. The molecule has 3 rings (SSSR count). The summed E-state index contributed by atoms with van der Waals surface area (Å²) < 4.78 is 5.54. The quantitative estimate of drug-likeness (QED) is 0.749. The van der Waals surface area contributed by atoms with Crippen molar-refractivity contribution < 1.29 is 14.0 Å². The number of nitrogens with two attached hydrogens (primary N) is 1. The minimum absolute atomic E-state index is 0.0406. The predicted octanol–water partition coefficient (Wildman–Crippen LogP) is 3.02. The molecule has 0 radical (unpaired) electrons. The van der Waals surface area contributed by atoms with Crippen LogP contribution in [0.5, 0.6) is 0 Å². The van der Waals surface area contributed by atoms with E-state index in [2.05, 4.69) is 10.3 Å². The van der Waals surface area contributed by atoms with Crippen molar-refractivity contribution >= 4 is 45.9 Å². The molecular weight excluding hydrogens is 344 g/mol. The van der Waals surface area contributed by atoms with Crippen molar-refractivity contribution in [3.8, 4) is 0 Å². The number of nitrogens with zero attached hydrogens (tertiary/aromatic N) is 2. The van der Waals surface area contributed by atoms with E-state index in [0.717, 1.165) is 0 Å². The number of pyridine rings is 1. The van der Waals surface area contributed by atoms with Crippen molar-refractivity contribution in [2.45, 2.75) is 0 Å². The second-order valence-corrected chi connectivity index (χ2v) is 6.01. The van der Waals surface area contributed by atoms with Crippen molar-refractivity contribution in [2.24, 2.45) is 0 Å². The van der Waals surface area contributed by atoms with Crippen LogP contribution in [0.25, 0.3) is 11.0 Å². The van der Waals surface area contributed by atoms with Gasteiger partial charge in [0.05, 0.1) is 10.7 Å². The third-order valence-corrected chi connectivity index (χ3v) is 3.78. The van der Waals surface area contributed by atoms with Gasteiger partial charge in [0, 0.05) is 31.2 Å². The summed E-state index contributed by atoms with van der Waals surface area (Å²) in [6, 6.07) is 8.00. The van der Waals surface area contributed by atoms with Crippen LogP contribution in [-0.2, 0) is 0 Å². The Bertz CT molecular complexity index is 964. The molecule has 0 saturated carbocycles. The molecule has 0 atom stereocenters. The van der Waals surface area contributed by atoms with E-state index < -0.39 is 5.91 Å². The number of fused-ring (bicyclic) bond motifs is 1. The van der Waals surface area contributed by atoms with Crippen molar-refractivity contribution in [3.05, 3.63) is 52.9 Å². The summed E-state index contributed by atoms with van der Waals surface area (Å²) in [4.78, 5) is 29.9. The van der Waals surface area contributed by atoms with E-state index in [-0.39, 0.29) is 17.4 Å². The van der Waals surface area contributed by atoms with E-state index in [4.69, 9.17) is 21.8 Å². The lowest BCUT2D eigenvalue weighted by atomic mass is 10.1. The number of carbonyl (C=O) groups excluding carboxylic acids is 2. The molecule has 0 unspecified atom stereocenters. The lowest BCUT2D eigenvalue weighted by Gasteiger charge is -2.09. The summed E-state index contributed by atoms with van der Waals surface area (Å²) in [5, 5.41) is 3.54. The highest BCUT2D eigenvalue weighted by molar-refractivity contribution is 6.30. The summed E-state index contributed by atoms with van der Waals surface area (Å²) in [5.41, 5.74) is 7.08. The monoisotopic (exact) mass is 358 g/mol. The van der Waals surface area contributed by atoms with Crippen LogP contribution in [0.1, 0.15) is 20.9 Å². The average Bonchev–Trinajstić information content (AvgIpc) is 2.92. The summed E-state index contributed by atoms with van der Waals surface area (Å²) in [6.45, 7) is 0. The van der Waals surface area contributed by atoms with Gasteiger partial charge in [0.15, 0.2) is 0 Å². The van der Waals surface area contributed by atoms with Crippen LogP contribution >= 0.6 is 11.6 Å². The van der Waals surface area contributed by atoms with Gasteiger partial charge in [0.25, 0.3) is 11.8 Å². The van der Waals surface area contributed by atoms with Gasteiger partial charge in [-0.2, -0.15) is 0 Å². The zero-order chi connectivity index (χ0) is 18.1. The smallest absolute Gasteiger partial charge is 0.294 e. The molecule has 0 fully saturated rings. The van der Waals surface area contributed by atoms with Crippen LogP contribution in [-0.4, -0.2) is 35.8 Å². The summed E-state index contributed by atoms with van der Waals surface area (Å²) >= 11 is 5.76. The fourth-order valence-electron chi connectivity index (χ4n) is 2.30. The van der Waals surface area contributed by atoms with E-state index in [1.54, 1.807) is 44.4 Å². The predicted molar refractivity (Wildman–Crippen MR) is 95.8 cm³/mol. The first-order chi connectivity index (χ1) is 11.9. The summed E-state index contributed by atoms with van der Waals surface area (Å²) in [6.07, 6.45) is 1.41.